The standard InChI is InChI=1S/C86H154NO8P/c1-6-8-10-12-14-16-18-20-22-24-26-28-30-32-34-36-38-40-42-43-45-46-48-50-52-54-56-58-60-62-64-66-68-70-72-74-76-78-85(88)92-82-84(83-94-96(90,91)93-81-80-87(3,4)5)95-86(89)79-77-75-73-71-69-67-65-63-61-59-57-55-53-51-49-47-44-41-39-37-35-33-31-29-27-25-23-21-19-17-15-13-11-9-7-2/h9,11,15,17,21,23-24,26-27,29,33,35,39,41,47,49,53,55,84H,6-8,10,12-14,16,18-20,22,25,28,30-32,34,36-38,40,42-46,48,50-52,54,56-83H2,1-5H3/p+1/b11-9-,17-15-,23-21-,26-24-,29-27-,35-33-,41-39-,49-47-,55-53-. The second-order valence-corrected chi connectivity index (χ2v) is 29.9. The summed E-state index contributed by atoms with van der Waals surface area (Å²) in [5.41, 5.74) is 0. The van der Waals surface area contributed by atoms with Crippen LogP contribution >= 0.6 is 7.82 Å². The van der Waals surface area contributed by atoms with Crippen molar-refractivity contribution in [2.75, 3.05) is 47.5 Å². The van der Waals surface area contributed by atoms with E-state index >= 15 is 0 Å². The summed E-state index contributed by atoms with van der Waals surface area (Å²) in [4.78, 5) is 36.0. The topological polar surface area (TPSA) is 108 Å². The van der Waals surface area contributed by atoms with Crippen molar-refractivity contribution >= 4 is 19.8 Å². The van der Waals surface area contributed by atoms with Crippen LogP contribution in [0.5, 0.6) is 0 Å². The van der Waals surface area contributed by atoms with Crippen LogP contribution in [0.15, 0.2) is 109 Å². The molecule has 0 aromatic rings. The van der Waals surface area contributed by atoms with Gasteiger partial charge in [-0.25, -0.2) is 4.57 Å². The fourth-order valence-electron chi connectivity index (χ4n) is 11.6. The number of phosphoric acid groups is 1. The number of rotatable bonds is 75. The molecule has 96 heavy (non-hydrogen) atoms. The molecule has 0 aromatic heterocycles. The van der Waals surface area contributed by atoms with Gasteiger partial charge in [0, 0.05) is 12.8 Å². The van der Waals surface area contributed by atoms with E-state index in [1.807, 2.05) is 21.1 Å². The normalized spacial score (nSPS) is 13.6. The zero-order valence-corrected chi connectivity index (χ0v) is 64.5. The number of likely N-dealkylation sites (N-methyl/N-ethyl adjacent to an activating group) is 1. The minimum absolute atomic E-state index is 0.0282. The van der Waals surface area contributed by atoms with Crippen LogP contribution in [-0.2, 0) is 32.7 Å². The number of ether oxygens (including phenoxy) is 2. The molecule has 0 aliphatic rings. The Morgan fingerprint density at radius 3 is 0.896 bits per heavy atom. The van der Waals surface area contributed by atoms with Gasteiger partial charge in [-0.05, 0) is 103 Å². The first-order valence-corrected chi connectivity index (χ1v) is 42.1. The van der Waals surface area contributed by atoms with Crippen LogP contribution in [0.25, 0.3) is 0 Å². The Balaban J connectivity index is 3.97. The van der Waals surface area contributed by atoms with Crippen molar-refractivity contribution in [3.63, 3.8) is 0 Å². The van der Waals surface area contributed by atoms with Gasteiger partial charge in [-0.3, -0.25) is 18.6 Å². The smallest absolute Gasteiger partial charge is 0.462 e. The van der Waals surface area contributed by atoms with Crippen LogP contribution in [0.4, 0.5) is 0 Å². The van der Waals surface area contributed by atoms with Crippen LogP contribution < -0.4 is 0 Å². The summed E-state index contributed by atoms with van der Waals surface area (Å²) in [6, 6.07) is 0. The first-order valence-electron chi connectivity index (χ1n) is 40.6. The molecule has 2 unspecified atom stereocenters. The van der Waals surface area contributed by atoms with Gasteiger partial charge in [0.2, 0.25) is 0 Å². The van der Waals surface area contributed by atoms with Gasteiger partial charge in [-0.1, -0.05) is 367 Å². The van der Waals surface area contributed by atoms with Gasteiger partial charge in [0.25, 0.3) is 0 Å². The Hall–Kier alpha value is -3.33. The van der Waals surface area contributed by atoms with Crippen molar-refractivity contribution in [2.24, 2.45) is 0 Å². The van der Waals surface area contributed by atoms with E-state index in [9.17, 15) is 19.0 Å². The molecule has 10 heteroatoms. The molecule has 0 bridgehead atoms. The highest BCUT2D eigenvalue weighted by Crippen LogP contribution is 2.43. The number of carbonyl (C=O) groups is 2. The van der Waals surface area contributed by atoms with E-state index in [0.717, 1.165) is 96.3 Å². The Bertz CT molecular complexity index is 1990. The Kier molecular flexibility index (Phi) is 73.2. The van der Waals surface area contributed by atoms with Gasteiger partial charge in [0.15, 0.2) is 6.10 Å². The van der Waals surface area contributed by atoms with Crippen LogP contribution in [-0.4, -0.2) is 74.9 Å². The molecule has 1 N–H and O–H groups in total. The highest BCUT2D eigenvalue weighted by atomic mass is 31.2. The number of carbonyl (C=O) groups excluding carboxylic acids is 2. The lowest BCUT2D eigenvalue weighted by molar-refractivity contribution is -0.870. The van der Waals surface area contributed by atoms with Crippen molar-refractivity contribution < 1.29 is 42.1 Å². The third-order valence-corrected chi connectivity index (χ3v) is 18.8. The van der Waals surface area contributed by atoms with Crippen molar-refractivity contribution in [2.45, 2.75) is 380 Å². The molecule has 0 rings (SSSR count). The van der Waals surface area contributed by atoms with Crippen molar-refractivity contribution in [3.8, 4) is 0 Å². The molecule has 0 aliphatic heterocycles. The summed E-state index contributed by atoms with van der Waals surface area (Å²) in [6.45, 7) is 4.36. The number of phosphoric ester groups is 1. The summed E-state index contributed by atoms with van der Waals surface area (Å²) in [7, 11) is 1.48. The second kappa shape index (κ2) is 75.9. The number of quaternary nitrogens is 1. The molecule has 2 atom stereocenters. The van der Waals surface area contributed by atoms with Gasteiger partial charge in [-0.15, -0.1) is 0 Å². The first kappa shape index (κ1) is 92.7. The van der Waals surface area contributed by atoms with E-state index in [0.29, 0.717) is 17.4 Å². The molecule has 0 saturated heterocycles. The van der Waals surface area contributed by atoms with Crippen molar-refractivity contribution in [1.29, 1.82) is 0 Å². The van der Waals surface area contributed by atoms with Crippen molar-refractivity contribution in [3.05, 3.63) is 109 Å². The molecule has 0 saturated carbocycles. The van der Waals surface area contributed by atoms with E-state index in [1.54, 1.807) is 0 Å². The highest BCUT2D eigenvalue weighted by molar-refractivity contribution is 7.47. The molecule has 0 heterocycles. The SMILES string of the molecule is CC/C=C\C/C=C\C/C=C\C/C=C\C/C=C\C/C=C\C/C=C\C/C=C\CCCCCCCCCCCCC(=O)OC(COC(=O)CCCCCCCCCCCCCCCCCCCCCCCCCCC/C=C\CCCCCCCCCC)COP(=O)(O)OCC[N+](C)(C)C. The van der Waals surface area contributed by atoms with E-state index in [1.165, 1.54) is 244 Å². The van der Waals surface area contributed by atoms with E-state index in [2.05, 4.69) is 123 Å². The first-order chi connectivity index (χ1) is 47.0. The number of nitrogens with zero attached hydrogens (tertiary/aromatic N) is 1. The highest BCUT2D eigenvalue weighted by Gasteiger charge is 2.27. The summed E-state index contributed by atoms with van der Waals surface area (Å²) in [6.07, 6.45) is 108. The lowest BCUT2D eigenvalue weighted by Gasteiger charge is -2.24. The van der Waals surface area contributed by atoms with Crippen molar-refractivity contribution in [1.82, 2.24) is 0 Å². The van der Waals surface area contributed by atoms with E-state index in [4.69, 9.17) is 18.5 Å². The monoisotopic (exact) mass is 1360 g/mol. The zero-order chi connectivity index (χ0) is 69.7. The maximum Gasteiger partial charge on any atom is 0.472 e. The van der Waals surface area contributed by atoms with Gasteiger partial charge in [0.1, 0.15) is 19.8 Å². The molecule has 0 aromatic carbocycles. The van der Waals surface area contributed by atoms with Crippen LogP contribution in [0.1, 0.15) is 373 Å². The molecule has 556 valence electrons. The minimum Gasteiger partial charge on any atom is -0.462 e. The molecule has 0 fully saturated rings. The largest absolute Gasteiger partial charge is 0.472 e. The lowest BCUT2D eigenvalue weighted by Crippen LogP contribution is -2.37. The molecular weight excluding hydrogens is 1210 g/mol. The van der Waals surface area contributed by atoms with Gasteiger partial charge < -0.3 is 18.9 Å². The fraction of sp³-hybridized carbons (Fsp3) is 0.767. The van der Waals surface area contributed by atoms with E-state index < -0.39 is 26.5 Å². The molecule has 9 nitrogen and oxygen atoms in total. The van der Waals surface area contributed by atoms with Gasteiger partial charge in [-0.2, -0.15) is 0 Å². The minimum atomic E-state index is -4.40. The average Bonchev–Trinajstić information content (AvgIpc) is 2.74. The number of hydrogen-bond acceptors (Lipinski definition) is 7. The maximum absolute atomic E-state index is 12.9. The van der Waals surface area contributed by atoms with Crippen LogP contribution in [0, 0.1) is 0 Å². The summed E-state index contributed by atoms with van der Waals surface area (Å²) < 4.78 is 34.8. The van der Waals surface area contributed by atoms with Crippen LogP contribution in [0.3, 0.4) is 0 Å². The molecule has 0 aliphatic carbocycles. The third kappa shape index (κ3) is 79.7. The number of hydrogen-bond donors (Lipinski definition) is 1. The molecule has 0 amide bonds. The lowest BCUT2D eigenvalue weighted by atomic mass is 10.0. The molecule has 0 spiro atoms. The second-order valence-electron chi connectivity index (χ2n) is 28.4. The fourth-order valence-corrected chi connectivity index (χ4v) is 12.4. The summed E-state index contributed by atoms with van der Waals surface area (Å²) in [5.74, 6) is -0.791. The number of unbranched alkanes of at least 4 members (excludes halogenated alkanes) is 43. The Labute approximate surface area is 595 Å². The Morgan fingerprint density at radius 1 is 0.333 bits per heavy atom. The number of esters is 2. The number of allylic oxidation sites excluding steroid dienone is 18. The maximum atomic E-state index is 12.9. The summed E-state index contributed by atoms with van der Waals surface area (Å²) in [5, 5.41) is 0. The molecular formula is C86H155NO8P+. The zero-order valence-electron chi connectivity index (χ0n) is 63.6. The Morgan fingerprint density at radius 2 is 0.594 bits per heavy atom. The average molecular weight is 1360 g/mol. The van der Waals surface area contributed by atoms with E-state index in [-0.39, 0.29) is 32.0 Å². The quantitative estimate of drug-likeness (QED) is 0.0211. The predicted molar refractivity (Wildman–Crippen MR) is 418 cm³/mol. The van der Waals surface area contributed by atoms with Gasteiger partial charge in [0.05, 0.1) is 27.7 Å². The predicted octanol–water partition coefficient (Wildman–Crippen LogP) is 27.2. The van der Waals surface area contributed by atoms with Crippen LogP contribution in [0.2, 0.25) is 0 Å². The third-order valence-electron chi connectivity index (χ3n) is 17.8. The van der Waals surface area contributed by atoms with Gasteiger partial charge >= 0.3 is 19.8 Å². The molecule has 0 radical (unpaired) electrons. The summed E-state index contributed by atoms with van der Waals surface area (Å²) >= 11 is 0.